The fourth-order valence-corrected chi connectivity index (χ4v) is 0.544. The van der Waals surface area contributed by atoms with Crippen LogP contribution in [0.1, 0.15) is 18.4 Å². The van der Waals surface area contributed by atoms with Gasteiger partial charge in [-0.1, -0.05) is 0 Å². The minimum absolute atomic E-state index is 0.250. The van der Waals surface area contributed by atoms with E-state index in [2.05, 4.69) is 9.97 Å². The average molecular weight is 142 g/mol. The molecule has 0 radical (unpaired) electrons. The summed E-state index contributed by atoms with van der Waals surface area (Å²) < 4.78 is 0. The third-order valence-electron chi connectivity index (χ3n) is 0.830. The third-order valence-corrected chi connectivity index (χ3v) is 0.830. The second-order valence-electron chi connectivity index (χ2n) is 1.97. The molecular formula is C7H14N2O. The van der Waals surface area contributed by atoms with Gasteiger partial charge in [0.05, 0.1) is 0 Å². The van der Waals surface area contributed by atoms with Crippen LogP contribution in [0.4, 0.5) is 0 Å². The first-order chi connectivity index (χ1) is 4.70. The van der Waals surface area contributed by atoms with E-state index >= 15 is 0 Å². The number of nitrogens with one attached hydrogen (secondary N) is 1. The summed E-state index contributed by atoms with van der Waals surface area (Å²) >= 11 is 0. The number of aryl methyl sites for hydroxylation is 2. The van der Waals surface area contributed by atoms with E-state index in [4.69, 9.17) is 5.11 Å². The molecule has 1 aromatic heterocycles. The Balaban J connectivity index is 0.000000236. The van der Waals surface area contributed by atoms with Crippen molar-refractivity contribution in [3.63, 3.8) is 0 Å². The molecule has 0 bridgehead atoms. The number of aliphatic hydroxyl groups excluding tert-OH is 1. The van der Waals surface area contributed by atoms with E-state index < -0.39 is 0 Å². The lowest BCUT2D eigenvalue weighted by atomic mass is 10.6. The zero-order valence-corrected chi connectivity index (χ0v) is 6.68. The Morgan fingerprint density at radius 1 is 1.60 bits per heavy atom. The van der Waals surface area contributed by atoms with E-state index in [0.29, 0.717) is 0 Å². The fourth-order valence-electron chi connectivity index (χ4n) is 0.544. The lowest BCUT2D eigenvalue weighted by Crippen LogP contribution is -1.70. The van der Waals surface area contributed by atoms with Gasteiger partial charge in [0.2, 0.25) is 0 Å². The number of aromatic nitrogens is 2. The van der Waals surface area contributed by atoms with Crippen LogP contribution in [0.5, 0.6) is 0 Å². The molecule has 1 heterocycles. The molecule has 1 aromatic rings. The molecule has 0 saturated heterocycles. The number of aliphatic hydroxyl groups is 1. The maximum atomic E-state index is 7.57. The van der Waals surface area contributed by atoms with Crippen molar-refractivity contribution in [2.75, 3.05) is 6.61 Å². The van der Waals surface area contributed by atoms with Gasteiger partial charge in [-0.05, 0) is 20.8 Å². The monoisotopic (exact) mass is 142 g/mol. The first-order valence-electron chi connectivity index (χ1n) is 3.29. The van der Waals surface area contributed by atoms with Gasteiger partial charge in [0, 0.05) is 18.5 Å². The Bertz CT molecular complexity index is 155. The van der Waals surface area contributed by atoms with Crippen LogP contribution in [-0.4, -0.2) is 21.7 Å². The minimum atomic E-state index is 0.250. The highest BCUT2D eigenvalue weighted by Crippen LogP contribution is 1.89. The highest BCUT2D eigenvalue weighted by atomic mass is 16.2. The molecule has 58 valence electrons. The van der Waals surface area contributed by atoms with Crippen LogP contribution in [0.2, 0.25) is 0 Å². The van der Waals surface area contributed by atoms with Crippen LogP contribution in [0.15, 0.2) is 6.20 Å². The zero-order chi connectivity index (χ0) is 7.98. The van der Waals surface area contributed by atoms with Crippen molar-refractivity contribution in [3.8, 4) is 0 Å². The Morgan fingerprint density at radius 3 is 2.20 bits per heavy atom. The Morgan fingerprint density at radius 2 is 2.10 bits per heavy atom. The van der Waals surface area contributed by atoms with Crippen LogP contribution < -0.4 is 0 Å². The molecule has 0 atom stereocenters. The highest BCUT2D eigenvalue weighted by molar-refractivity contribution is 4.95. The van der Waals surface area contributed by atoms with E-state index in [0.717, 1.165) is 11.5 Å². The van der Waals surface area contributed by atoms with Gasteiger partial charge < -0.3 is 10.1 Å². The van der Waals surface area contributed by atoms with Crippen molar-refractivity contribution in [2.45, 2.75) is 20.8 Å². The summed E-state index contributed by atoms with van der Waals surface area (Å²) in [7, 11) is 0. The molecular weight excluding hydrogens is 128 g/mol. The van der Waals surface area contributed by atoms with E-state index in [-0.39, 0.29) is 6.61 Å². The number of H-pyrrole nitrogens is 1. The second kappa shape index (κ2) is 4.99. The van der Waals surface area contributed by atoms with Crippen LogP contribution in [-0.2, 0) is 0 Å². The van der Waals surface area contributed by atoms with Crippen molar-refractivity contribution < 1.29 is 5.11 Å². The smallest absolute Gasteiger partial charge is 0.103 e. The standard InChI is InChI=1S/C5H8N2.C2H6O/c1-4-3-6-5(2)7-4;1-2-3/h3H,1-2H3,(H,6,7);3H,2H2,1H3. The highest BCUT2D eigenvalue weighted by Gasteiger charge is 1.83. The summed E-state index contributed by atoms with van der Waals surface area (Å²) in [5, 5.41) is 7.57. The van der Waals surface area contributed by atoms with E-state index in [1.165, 1.54) is 0 Å². The summed E-state index contributed by atoms with van der Waals surface area (Å²) in [4.78, 5) is 6.99. The third kappa shape index (κ3) is 4.09. The van der Waals surface area contributed by atoms with Crippen LogP contribution >= 0.6 is 0 Å². The van der Waals surface area contributed by atoms with Gasteiger partial charge in [0.15, 0.2) is 0 Å². The molecule has 0 aliphatic heterocycles. The summed E-state index contributed by atoms with van der Waals surface area (Å²) in [6.45, 7) is 5.85. The molecule has 0 aliphatic carbocycles. The first kappa shape index (κ1) is 9.17. The number of nitrogens with zero attached hydrogens (tertiary/aromatic N) is 1. The maximum absolute atomic E-state index is 7.57. The summed E-state index contributed by atoms with van der Waals surface area (Å²) in [5.41, 5.74) is 1.12. The lowest BCUT2D eigenvalue weighted by Gasteiger charge is -1.74. The van der Waals surface area contributed by atoms with Gasteiger partial charge >= 0.3 is 0 Å². The minimum Gasteiger partial charge on any atom is -0.397 e. The van der Waals surface area contributed by atoms with Gasteiger partial charge in [0.1, 0.15) is 5.82 Å². The van der Waals surface area contributed by atoms with Crippen molar-refractivity contribution in [1.29, 1.82) is 0 Å². The normalized spacial score (nSPS) is 8.40. The zero-order valence-electron chi connectivity index (χ0n) is 6.68. The lowest BCUT2D eigenvalue weighted by molar-refractivity contribution is 0.318. The van der Waals surface area contributed by atoms with Gasteiger partial charge in [-0.3, -0.25) is 0 Å². The molecule has 3 nitrogen and oxygen atoms in total. The van der Waals surface area contributed by atoms with Crippen molar-refractivity contribution in [2.24, 2.45) is 0 Å². The molecule has 0 unspecified atom stereocenters. The maximum Gasteiger partial charge on any atom is 0.103 e. The van der Waals surface area contributed by atoms with Crippen molar-refractivity contribution in [3.05, 3.63) is 17.7 Å². The van der Waals surface area contributed by atoms with Crippen LogP contribution in [0.25, 0.3) is 0 Å². The summed E-state index contributed by atoms with van der Waals surface area (Å²) in [5.74, 6) is 0.984. The van der Waals surface area contributed by atoms with Gasteiger partial charge in [-0.2, -0.15) is 0 Å². The molecule has 0 aliphatic rings. The molecule has 0 amide bonds. The Labute approximate surface area is 61.1 Å². The van der Waals surface area contributed by atoms with Crippen LogP contribution in [0, 0.1) is 13.8 Å². The molecule has 1 rings (SSSR count). The quantitative estimate of drug-likeness (QED) is 0.568. The Hall–Kier alpha value is -0.830. The van der Waals surface area contributed by atoms with Gasteiger partial charge in [0.25, 0.3) is 0 Å². The summed E-state index contributed by atoms with van der Waals surface area (Å²) in [6.07, 6.45) is 1.81. The number of rotatable bonds is 0. The van der Waals surface area contributed by atoms with Crippen LogP contribution in [0.3, 0.4) is 0 Å². The molecule has 3 heteroatoms. The summed E-state index contributed by atoms with van der Waals surface area (Å²) in [6, 6.07) is 0. The fraction of sp³-hybridized carbons (Fsp3) is 0.571. The molecule has 0 saturated carbocycles. The number of aromatic amines is 1. The Kier molecular flexibility index (Phi) is 4.58. The molecule has 0 fully saturated rings. The van der Waals surface area contributed by atoms with E-state index in [1.54, 1.807) is 6.92 Å². The first-order valence-corrected chi connectivity index (χ1v) is 3.29. The number of hydrogen-bond acceptors (Lipinski definition) is 2. The number of hydrogen-bond donors (Lipinski definition) is 2. The van der Waals surface area contributed by atoms with Crippen molar-refractivity contribution in [1.82, 2.24) is 9.97 Å². The molecule has 2 N–H and O–H groups in total. The van der Waals surface area contributed by atoms with E-state index in [1.807, 2.05) is 20.0 Å². The topological polar surface area (TPSA) is 48.9 Å². The average Bonchev–Trinajstić information content (AvgIpc) is 2.17. The largest absolute Gasteiger partial charge is 0.397 e. The second-order valence-corrected chi connectivity index (χ2v) is 1.97. The van der Waals surface area contributed by atoms with Gasteiger partial charge in [-0.25, -0.2) is 4.98 Å². The molecule has 0 aromatic carbocycles. The van der Waals surface area contributed by atoms with E-state index in [9.17, 15) is 0 Å². The van der Waals surface area contributed by atoms with Gasteiger partial charge in [-0.15, -0.1) is 0 Å². The predicted molar refractivity (Wildman–Crippen MR) is 40.8 cm³/mol. The predicted octanol–water partition coefficient (Wildman–Crippen LogP) is 1.03. The molecule has 0 spiro atoms. The van der Waals surface area contributed by atoms with Crippen molar-refractivity contribution >= 4 is 0 Å². The SMILES string of the molecule is CCO.Cc1cnc(C)[nH]1. The molecule has 10 heavy (non-hydrogen) atoms. The number of imidazole rings is 1.